The average Bonchev–Trinajstić information content (AvgIpc) is 2.16. The second kappa shape index (κ2) is 3.74. The van der Waals surface area contributed by atoms with E-state index in [0.29, 0.717) is 0 Å². The molecule has 0 fully saturated rings. The maximum absolute atomic E-state index is 10.5. The van der Waals surface area contributed by atoms with E-state index in [1.165, 1.54) is 18.2 Å². The van der Waals surface area contributed by atoms with Crippen LogP contribution in [0.4, 0.5) is 11.4 Å². The first-order chi connectivity index (χ1) is 6.19. The third kappa shape index (κ3) is 1.86. The molecule has 13 heavy (non-hydrogen) atoms. The monoisotopic (exact) mass is 184 g/mol. The molecule has 0 amide bonds. The van der Waals surface area contributed by atoms with E-state index in [1.807, 2.05) is 5.48 Å². The van der Waals surface area contributed by atoms with Gasteiger partial charge in [-0.15, -0.1) is 0 Å². The second-order valence-electron chi connectivity index (χ2n) is 2.29. The fourth-order valence-electron chi connectivity index (χ4n) is 0.893. The molecule has 0 bridgehead atoms. The predicted octanol–water partition coefficient (Wildman–Crippen LogP) is 0.987. The number of carbonyl (C=O) groups is 1. The molecule has 0 spiro atoms. The van der Waals surface area contributed by atoms with E-state index < -0.39 is 5.97 Å². The molecule has 0 aliphatic heterocycles. The quantitative estimate of drug-likeness (QED) is 0.449. The first-order valence-corrected chi connectivity index (χ1v) is 3.36. The zero-order valence-corrected chi connectivity index (χ0v) is 6.48. The molecular formula is C7H8N2O4. The molecule has 0 aromatic heterocycles. The Morgan fingerprint density at radius 2 is 1.92 bits per heavy atom. The summed E-state index contributed by atoms with van der Waals surface area (Å²) in [7, 11) is 0. The molecule has 1 rings (SSSR count). The van der Waals surface area contributed by atoms with E-state index in [-0.39, 0.29) is 16.9 Å². The average molecular weight is 184 g/mol. The van der Waals surface area contributed by atoms with Gasteiger partial charge in [-0.3, -0.25) is 21.4 Å². The number of benzene rings is 1. The topological polar surface area (TPSA) is 102 Å². The van der Waals surface area contributed by atoms with Gasteiger partial charge in [0.15, 0.2) is 0 Å². The molecule has 5 N–H and O–H groups in total. The Kier molecular flexibility index (Phi) is 2.68. The zero-order chi connectivity index (χ0) is 9.84. The van der Waals surface area contributed by atoms with Crippen molar-refractivity contribution >= 4 is 17.3 Å². The number of hydrogen-bond acceptors (Lipinski definition) is 5. The predicted molar refractivity (Wildman–Crippen MR) is 44.2 cm³/mol. The summed E-state index contributed by atoms with van der Waals surface area (Å²) in [6.45, 7) is 0. The number of carboxylic acid groups (broad SMARTS) is 1. The van der Waals surface area contributed by atoms with Crippen molar-refractivity contribution in [2.45, 2.75) is 0 Å². The van der Waals surface area contributed by atoms with Crippen LogP contribution < -0.4 is 11.0 Å². The van der Waals surface area contributed by atoms with Crippen LogP contribution >= 0.6 is 0 Å². The Balaban J connectivity index is 3.15. The number of carboxylic acids is 1. The highest BCUT2D eigenvalue weighted by atomic mass is 16.5. The van der Waals surface area contributed by atoms with Gasteiger partial charge in [0.05, 0.1) is 16.9 Å². The number of nitrogens with one attached hydrogen (secondary N) is 2. The molecule has 6 nitrogen and oxygen atoms in total. The van der Waals surface area contributed by atoms with Crippen LogP contribution in [-0.2, 0) is 0 Å². The van der Waals surface area contributed by atoms with E-state index in [1.54, 1.807) is 5.48 Å². The van der Waals surface area contributed by atoms with Gasteiger partial charge < -0.3 is 5.11 Å². The van der Waals surface area contributed by atoms with E-state index in [2.05, 4.69) is 0 Å². The fraction of sp³-hybridized carbons (Fsp3) is 0. The Morgan fingerprint density at radius 1 is 1.23 bits per heavy atom. The maximum atomic E-state index is 10.5. The lowest BCUT2D eigenvalue weighted by atomic mass is 10.1. The molecule has 1 aromatic rings. The summed E-state index contributed by atoms with van der Waals surface area (Å²) < 4.78 is 0. The standard InChI is InChI=1S/C7H8N2O4/c10-7(11)5-2-1-4(8-12)3-6(5)9-13/h1-3,8-9,12-13H,(H,10,11). The molecule has 6 heteroatoms. The van der Waals surface area contributed by atoms with Crippen LogP contribution in [0.2, 0.25) is 0 Å². The summed E-state index contributed by atoms with van der Waals surface area (Å²) in [5.41, 5.74) is 3.75. The highest BCUT2D eigenvalue weighted by Crippen LogP contribution is 2.19. The molecule has 0 heterocycles. The smallest absolute Gasteiger partial charge is 0.337 e. The fourth-order valence-corrected chi connectivity index (χ4v) is 0.893. The van der Waals surface area contributed by atoms with Crippen LogP contribution in [0.15, 0.2) is 18.2 Å². The van der Waals surface area contributed by atoms with Gasteiger partial charge in [-0.1, -0.05) is 0 Å². The van der Waals surface area contributed by atoms with Gasteiger partial charge in [0.2, 0.25) is 0 Å². The highest BCUT2D eigenvalue weighted by Gasteiger charge is 2.09. The van der Waals surface area contributed by atoms with Crippen molar-refractivity contribution in [3.8, 4) is 0 Å². The lowest BCUT2D eigenvalue weighted by Gasteiger charge is -2.05. The Labute approximate surface area is 73.3 Å². The zero-order valence-electron chi connectivity index (χ0n) is 6.48. The molecule has 0 saturated heterocycles. The minimum atomic E-state index is -1.17. The van der Waals surface area contributed by atoms with E-state index in [9.17, 15) is 4.79 Å². The van der Waals surface area contributed by atoms with Crippen molar-refractivity contribution in [3.63, 3.8) is 0 Å². The number of hydrogen-bond donors (Lipinski definition) is 5. The lowest BCUT2D eigenvalue weighted by Crippen LogP contribution is -2.03. The lowest BCUT2D eigenvalue weighted by molar-refractivity contribution is 0.0697. The molecule has 1 aromatic carbocycles. The van der Waals surface area contributed by atoms with Crippen LogP contribution in [0.5, 0.6) is 0 Å². The minimum absolute atomic E-state index is 0.00606. The van der Waals surface area contributed by atoms with Crippen LogP contribution in [0.25, 0.3) is 0 Å². The summed E-state index contributed by atoms with van der Waals surface area (Å²) in [6.07, 6.45) is 0. The SMILES string of the molecule is O=C(O)c1ccc(NO)cc1NO. The van der Waals surface area contributed by atoms with Crippen molar-refractivity contribution in [2.24, 2.45) is 0 Å². The van der Waals surface area contributed by atoms with E-state index in [0.717, 1.165) is 0 Å². The highest BCUT2D eigenvalue weighted by molar-refractivity contribution is 5.94. The summed E-state index contributed by atoms with van der Waals surface area (Å²) >= 11 is 0. The van der Waals surface area contributed by atoms with Gasteiger partial charge in [-0.25, -0.2) is 4.79 Å². The van der Waals surface area contributed by atoms with Gasteiger partial charge in [-0.05, 0) is 18.2 Å². The summed E-state index contributed by atoms with van der Waals surface area (Å²) in [5, 5.41) is 25.7. The third-order valence-electron chi connectivity index (χ3n) is 1.50. The van der Waals surface area contributed by atoms with Crippen molar-refractivity contribution in [1.82, 2.24) is 0 Å². The third-order valence-corrected chi connectivity index (χ3v) is 1.50. The molecule has 0 unspecified atom stereocenters. The first kappa shape index (κ1) is 9.30. The number of anilines is 2. The van der Waals surface area contributed by atoms with Crippen molar-refractivity contribution in [2.75, 3.05) is 11.0 Å². The van der Waals surface area contributed by atoms with Crippen molar-refractivity contribution in [1.29, 1.82) is 0 Å². The molecule has 70 valence electrons. The largest absolute Gasteiger partial charge is 0.478 e. The van der Waals surface area contributed by atoms with E-state index >= 15 is 0 Å². The molecule has 0 saturated carbocycles. The molecular weight excluding hydrogens is 176 g/mol. The van der Waals surface area contributed by atoms with Crippen molar-refractivity contribution < 1.29 is 20.3 Å². The first-order valence-electron chi connectivity index (χ1n) is 3.36. The summed E-state index contributed by atoms with van der Waals surface area (Å²) in [6, 6.07) is 3.87. The van der Waals surface area contributed by atoms with Gasteiger partial charge in [0.1, 0.15) is 0 Å². The van der Waals surface area contributed by atoms with Crippen LogP contribution in [0, 0.1) is 0 Å². The Morgan fingerprint density at radius 3 is 2.38 bits per heavy atom. The maximum Gasteiger partial charge on any atom is 0.337 e. The van der Waals surface area contributed by atoms with Gasteiger partial charge in [-0.2, -0.15) is 0 Å². The van der Waals surface area contributed by atoms with Crippen LogP contribution in [0.3, 0.4) is 0 Å². The summed E-state index contributed by atoms with van der Waals surface area (Å²) in [4.78, 5) is 10.5. The molecule has 0 radical (unpaired) electrons. The van der Waals surface area contributed by atoms with Crippen LogP contribution in [0.1, 0.15) is 10.4 Å². The number of aromatic carboxylic acids is 1. The Hall–Kier alpha value is -1.79. The summed E-state index contributed by atoms with van der Waals surface area (Å²) in [5.74, 6) is -1.17. The van der Waals surface area contributed by atoms with Crippen molar-refractivity contribution in [3.05, 3.63) is 23.8 Å². The normalized spacial score (nSPS) is 9.38. The molecule has 0 aliphatic carbocycles. The van der Waals surface area contributed by atoms with Gasteiger partial charge >= 0.3 is 5.97 Å². The van der Waals surface area contributed by atoms with Gasteiger partial charge in [0.25, 0.3) is 0 Å². The Bertz CT molecular complexity index is 326. The molecule has 0 atom stereocenters. The second-order valence-corrected chi connectivity index (χ2v) is 2.29. The minimum Gasteiger partial charge on any atom is -0.478 e. The molecule has 0 aliphatic rings. The van der Waals surface area contributed by atoms with E-state index in [4.69, 9.17) is 15.5 Å². The van der Waals surface area contributed by atoms with Gasteiger partial charge in [0, 0.05) is 0 Å². The number of rotatable bonds is 3. The van der Waals surface area contributed by atoms with Crippen LogP contribution in [-0.4, -0.2) is 21.5 Å².